The highest BCUT2D eigenvalue weighted by molar-refractivity contribution is 5.62. The first-order valence-electron chi connectivity index (χ1n) is 6.65. The fourth-order valence-electron chi connectivity index (χ4n) is 2.08. The van der Waals surface area contributed by atoms with Gasteiger partial charge in [-0.25, -0.2) is 4.39 Å². The molecule has 4 heteroatoms. The van der Waals surface area contributed by atoms with Crippen LogP contribution in [0.25, 0.3) is 11.3 Å². The van der Waals surface area contributed by atoms with Gasteiger partial charge in [0.15, 0.2) is 0 Å². The molecule has 0 saturated carbocycles. The zero-order chi connectivity index (χ0) is 14.7. The number of benzene rings is 2. The zero-order valence-electron chi connectivity index (χ0n) is 11.3. The van der Waals surface area contributed by atoms with Gasteiger partial charge in [-0.15, -0.1) is 0 Å². The topological polar surface area (TPSA) is 51.2 Å². The van der Waals surface area contributed by atoms with Crippen LogP contribution in [0.15, 0.2) is 65.1 Å². The Balaban J connectivity index is 1.69. The number of anilines is 2. The highest BCUT2D eigenvalue weighted by atomic mass is 19.1. The van der Waals surface area contributed by atoms with Gasteiger partial charge >= 0.3 is 0 Å². The minimum atomic E-state index is -0.248. The van der Waals surface area contributed by atoms with Crippen LogP contribution in [-0.2, 0) is 6.54 Å². The summed E-state index contributed by atoms with van der Waals surface area (Å²) < 4.78 is 18.6. The molecule has 0 radical (unpaired) electrons. The van der Waals surface area contributed by atoms with E-state index >= 15 is 0 Å². The first-order valence-corrected chi connectivity index (χ1v) is 6.65. The summed E-state index contributed by atoms with van der Waals surface area (Å²) in [6.07, 6.45) is 0. The van der Waals surface area contributed by atoms with Gasteiger partial charge in [0.2, 0.25) is 0 Å². The molecule has 0 bridgehead atoms. The van der Waals surface area contributed by atoms with Crippen molar-refractivity contribution in [2.24, 2.45) is 0 Å². The lowest BCUT2D eigenvalue weighted by molar-refractivity contribution is 0.531. The fourth-order valence-corrected chi connectivity index (χ4v) is 2.08. The van der Waals surface area contributed by atoms with Crippen molar-refractivity contribution in [1.29, 1.82) is 0 Å². The Morgan fingerprint density at radius 2 is 1.81 bits per heavy atom. The number of rotatable bonds is 4. The molecule has 0 aliphatic rings. The quantitative estimate of drug-likeness (QED) is 0.702. The smallest absolute Gasteiger partial charge is 0.134 e. The average Bonchev–Trinajstić information content (AvgIpc) is 2.96. The third-order valence-corrected chi connectivity index (χ3v) is 3.14. The molecule has 1 heterocycles. The third-order valence-electron chi connectivity index (χ3n) is 3.14. The van der Waals surface area contributed by atoms with Crippen LogP contribution in [0.2, 0.25) is 0 Å². The molecule has 3 rings (SSSR count). The number of nitrogens with one attached hydrogen (secondary N) is 1. The van der Waals surface area contributed by atoms with Crippen molar-refractivity contribution in [3.63, 3.8) is 0 Å². The van der Waals surface area contributed by atoms with Crippen LogP contribution in [0.4, 0.5) is 15.8 Å². The summed E-state index contributed by atoms with van der Waals surface area (Å²) in [6, 6.07) is 17.6. The lowest BCUT2D eigenvalue weighted by Crippen LogP contribution is -1.97. The molecular weight excluding hydrogens is 267 g/mol. The van der Waals surface area contributed by atoms with Crippen LogP contribution in [-0.4, -0.2) is 0 Å². The van der Waals surface area contributed by atoms with Crippen LogP contribution >= 0.6 is 0 Å². The molecule has 106 valence electrons. The highest BCUT2D eigenvalue weighted by Crippen LogP contribution is 2.24. The molecule has 0 amide bonds. The van der Waals surface area contributed by atoms with E-state index in [1.54, 1.807) is 12.1 Å². The summed E-state index contributed by atoms with van der Waals surface area (Å²) >= 11 is 0. The number of furan rings is 1. The van der Waals surface area contributed by atoms with E-state index in [-0.39, 0.29) is 5.82 Å². The summed E-state index contributed by atoms with van der Waals surface area (Å²) in [4.78, 5) is 0. The van der Waals surface area contributed by atoms with E-state index in [1.165, 1.54) is 12.1 Å². The second kappa shape index (κ2) is 5.71. The summed E-state index contributed by atoms with van der Waals surface area (Å²) in [6.45, 7) is 0.536. The van der Waals surface area contributed by atoms with Gasteiger partial charge in [0, 0.05) is 16.9 Å². The Labute approximate surface area is 122 Å². The molecular formula is C17H15FN2O. The molecule has 2 aromatic carbocycles. The highest BCUT2D eigenvalue weighted by Gasteiger charge is 2.05. The minimum absolute atomic E-state index is 0.248. The fraction of sp³-hybridized carbons (Fsp3) is 0.0588. The summed E-state index contributed by atoms with van der Waals surface area (Å²) in [5.74, 6) is 1.33. The summed E-state index contributed by atoms with van der Waals surface area (Å²) in [7, 11) is 0. The van der Waals surface area contributed by atoms with E-state index in [0.717, 1.165) is 22.8 Å². The van der Waals surface area contributed by atoms with Gasteiger partial charge < -0.3 is 15.5 Å². The summed E-state index contributed by atoms with van der Waals surface area (Å²) in [5, 5.41) is 3.18. The van der Waals surface area contributed by atoms with Crippen molar-refractivity contribution in [1.82, 2.24) is 0 Å². The predicted octanol–water partition coefficient (Wildman–Crippen LogP) is 4.28. The van der Waals surface area contributed by atoms with Gasteiger partial charge in [-0.2, -0.15) is 0 Å². The minimum Gasteiger partial charge on any atom is -0.459 e. The first-order chi connectivity index (χ1) is 10.2. The van der Waals surface area contributed by atoms with Gasteiger partial charge in [-0.1, -0.05) is 12.1 Å². The van der Waals surface area contributed by atoms with Crippen molar-refractivity contribution < 1.29 is 8.81 Å². The Hall–Kier alpha value is -2.75. The molecule has 0 fully saturated rings. The second-order valence-electron chi connectivity index (χ2n) is 4.75. The van der Waals surface area contributed by atoms with Gasteiger partial charge in [0.1, 0.15) is 17.3 Å². The maximum absolute atomic E-state index is 12.8. The standard InChI is InChI=1S/C17H15FN2O/c18-13-4-6-15(7-5-13)20-11-16-8-9-17(21-16)12-2-1-3-14(19)10-12/h1-10,20H,11,19H2. The lowest BCUT2D eigenvalue weighted by atomic mass is 10.1. The van der Waals surface area contributed by atoms with Crippen molar-refractivity contribution in [2.45, 2.75) is 6.54 Å². The Morgan fingerprint density at radius 1 is 1.00 bits per heavy atom. The van der Waals surface area contributed by atoms with E-state index < -0.39 is 0 Å². The molecule has 1 aromatic heterocycles. The molecule has 3 nitrogen and oxygen atoms in total. The number of hydrogen-bond donors (Lipinski definition) is 2. The molecule has 21 heavy (non-hydrogen) atoms. The first kappa shape index (κ1) is 13.2. The molecule has 0 aliphatic heterocycles. The number of nitrogens with two attached hydrogens (primary N) is 1. The number of hydrogen-bond acceptors (Lipinski definition) is 3. The van der Waals surface area contributed by atoms with Crippen molar-refractivity contribution >= 4 is 11.4 Å². The average molecular weight is 282 g/mol. The maximum atomic E-state index is 12.8. The van der Waals surface area contributed by atoms with Crippen LogP contribution in [0.5, 0.6) is 0 Å². The van der Waals surface area contributed by atoms with E-state index in [0.29, 0.717) is 12.2 Å². The Bertz CT molecular complexity index is 735. The normalized spacial score (nSPS) is 10.5. The largest absolute Gasteiger partial charge is 0.459 e. The molecule has 0 saturated heterocycles. The van der Waals surface area contributed by atoms with E-state index in [2.05, 4.69) is 5.32 Å². The van der Waals surface area contributed by atoms with Gasteiger partial charge in [-0.3, -0.25) is 0 Å². The molecule has 0 atom stereocenters. The van der Waals surface area contributed by atoms with Crippen molar-refractivity contribution in [2.75, 3.05) is 11.1 Å². The van der Waals surface area contributed by atoms with Crippen LogP contribution in [0, 0.1) is 5.82 Å². The predicted molar refractivity (Wildman–Crippen MR) is 82.3 cm³/mol. The van der Waals surface area contributed by atoms with E-state index in [4.69, 9.17) is 10.2 Å². The third kappa shape index (κ3) is 3.23. The lowest BCUT2D eigenvalue weighted by Gasteiger charge is -2.04. The van der Waals surface area contributed by atoms with Gasteiger partial charge in [0.25, 0.3) is 0 Å². The molecule has 0 aliphatic carbocycles. The van der Waals surface area contributed by atoms with Crippen molar-refractivity contribution in [3.8, 4) is 11.3 Å². The Kier molecular flexibility index (Phi) is 3.60. The van der Waals surface area contributed by atoms with Crippen molar-refractivity contribution in [3.05, 3.63) is 72.2 Å². The SMILES string of the molecule is Nc1cccc(-c2ccc(CNc3ccc(F)cc3)o2)c1. The van der Waals surface area contributed by atoms with Crippen LogP contribution in [0.1, 0.15) is 5.76 Å². The molecule has 3 N–H and O–H groups in total. The Morgan fingerprint density at radius 3 is 2.57 bits per heavy atom. The molecule has 0 spiro atoms. The molecule has 3 aromatic rings. The van der Waals surface area contributed by atoms with E-state index in [9.17, 15) is 4.39 Å². The summed E-state index contributed by atoms with van der Waals surface area (Å²) in [5.41, 5.74) is 8.26. The number of nitrogen functional groups attached to an aromatic ring is 1. The van der Waals surface area contributed by atoms with Gasteiger partial charge in [0.05, 0.1) is 6.54 Å². The van der Waals surface area contributed by atoms with Gasteiger partial charge in [-0.05, 0) is 48.5 Å². The number of halogens is 1. The maximum Gasteiger partial charge on any atom is 0.134 e. The molecule has 0 unspecified atom stereocenters. The monoisotopic (exact) mass is 282 g/mol. The van der Waals surface area contributed by atoms with Crippen LogP contribution < -0.4 is 11.1 Å². The van der Waals surface area contributed by atoms with E-state index in [1.807, 2.05) is 36.4 Å². The zero-order valence-corrected chi connectivity index (χ0v) is 11.3. The second-order valence-corrected chi connectivity index (χ2v) is 4.75. The van der Waals surface area contributed by atoms with Crippen LogP contribution in [0.3, 0.4) is 0 Å².